The fourth-order valence-electron chi connectivity index (χ4n) is 2.00. The Labute approximate surface area is 95.2 Å². The van der Waals surface area contributed by atoms with Crippen LogP contribution in [0.1, 0.15) is 0 Å². The molecule has 2 aliphatic heterocycles. The van der Waals surface area contributed by atoms with E-state index in [1.165, 1.54) is 0 Å². The van der Waals surface area contributed by atoms with Crippen molar-refractivity contribution in [1.29, 1.82) is 0 Å². The molecule has 0 aliphatic carbocycles. The van der Waals surface area contributed by atoms with Gasteiger partial charge in [-0.1, -0.05) is 18.2 Å². The van der Waals surface area contributed by atoms with Gasteiger partial charge in [-0.15, -0.1) is 0 Å². The Bertz CT molecular complexity index is 546. The molecule has 6 nitrogen and oxygen atoms in total. The second-order valence-corrected chi connectivity index (χ2v) is 3.81. The van der Waals surface area contributed by atoms with Crippen molar-refractivity contribution < 1.29 is 19.2 Å². The molecule has 0 bridgehead atoms. The lowest BCUT2D eigenvalue weighted by molar-refractivity contribution is -0.172. The van der Waals surface area contributed by atoms with Gasteiger partial charge in [0.25, 0.3) is 29.0 Å². The van der Waals surface area contributed by atoms with Crippen LogP contribution in [0.25, 0.3) is 0 Å². The number of benzene rings is 1. The first-order chi connectivity index (χ1) is 8.10. The van der Waals surface area contributed by atoms with Gasteiger partial charge in [-0.3, -0.25) is 24.5 Å². The van der Waals surface area contributed by atoms with Crippen LogP contribution < -0.4 is 10.2 Å². The average Bonchev–Trinajstić information content (AvgIpc) is 2.30. The summed E-state index contributed by atoms with van der Waals surface area (Å²) >= 11 is 0. The predicted molar refractivity (Wildman–Crippen MR) is 54.5 cm³/mol. The van der Waals surface area contributed by atoms with Gasteiger partial charge in [-0.05, 0) is 12.1 Å². The molecule has 2 heterocycles. The lowest BCUT2D eigenvalue weighted by Gasteiger charge is -2.47. The predicted octanol–water partition coefficient (Wildman–Crippen LogP) is -0.797. The number of rotatable bonds is 1. The summed E-state index contributed by atoms with van der Waals surface area (Å²) in [7, 11) is 0. The fourth-order valence-corrected chi connectivity index (χ4v) is 2.00. The smallest absolute Gasteiger partial charge is 0.285 e. The van der Waals surface area contributed by atoms with Crippen LogP contribution in [0, 0.1) is 5.41 Å². The third-order valence-corrected chi connectivity index (χ3v) is 2.97. The second kappa shape index (κ2) is 2.79. The third kappa shape index (κ3) is 0.862. The Kier molecular flexibility index (Phi) is 1.59. The molecule has 1 aromatic rings. The minimum absolute atomic E-state index is 0.362. The van der Waals surface area contributed by atoms with Crippen molar-refractivity contribution in [3.8, 4) is 0 Å². The lowest BCUT2D eigenvalue weighted by Crippen LogP contribution is -2.83. The van der Waals surface area contributed by atoms with Crippen LogP contribution in [-0.2, 0) is 19.2 Å². The molecule has 17 heavy (non-hydrogen) atoms. The second-order valence-electron chi connectivity index (χ2n) is 3.81. The van der Waals surface area contributed by atoms with Gasteiger partial charge in [0.2, 0.25) is 0 Å². The topological polar surface area (TPSA) is 83.6 Å². The van der Waals surface area contributed by atoms with E-state index in [0.29, 0.717) is 5.69 Å². The monoisotopic (exact) mass is 230 g/mol. The van der Waals surface area contributed by atoms with Crippen molar-refractivity contribution in [3.05, 3.63) is 30.3 Å². The summed E-state index contributed by atoms with van der Waals surface area (Å²) in [6.45, 7) is 0. The zero-order chi connectivity index (χ0) is 12.2. The molecule has 2 aliphatic rings. The number of amides is 4. The highest BCUT2D eigenvalue weighted by Crippen LogP contribution is 2.42. The number of anilines is 1. The van der Waals surface area contributed by atoms with Crippen molar-refractivity contribution >= 4 is 29.3 Å². The van der Waals surface area contributed by atoms with E-state index < -0.39 is 29.0 Å². The van der Waals surface area contributed by atoms with Crippen LogP contribution in [0.4, 0.5) is 5.69 Å². The molecule has 4 amide bonds. The number of hydrogen-bond donors (Lipinski definition) is 1. The molecule has 6 heteroatoms. The van der Waals surface area contributed by atoms with Crippen molar-refractivity contribution in [3.63, 3.8) is 0 Å². The molecule has 1 spiro atoms. The average molecular weight is 230 g/mol. The van der Waals surface area contributed by atoms with E-state index >= 15 is 0 Å². The van der Waals surface area contributed by atoms with Gasteiger partial charge in [-0.25, -0.2) is 4.90 Å². The summed E-state index contributed by atoms with van der Waals surface area (Å²) in [4.78, 5) is 47.0. The minimum atomic E-state index is -2.09. The van der Waals surface area contributed by atoms with Gasteiger partial charge < -0.3 is 0 Å². The number of imide groups is 2. The quantitative estimate of drug-likeness (QED) is 0.506. The molecule has 0 atom stereocenters. The highest BCUT2D eigenvalue weighted by Gasteiger charge is 2.77. The molecular formula is C11H6N2O4. The normalized spacial score (nSPS) is 21.1. The van der Waals surface area contributed by atoms with Crippen LogP contribution in [0.5, 0.6) is 0 Å². The molecule has 1 N–H and O–H groups in total. The number of nitrogens with one attached hydrogen (secondary N) is 1. The maximum Gasteiger partial charge on any atom is 0.285 e. The van der Waals surface area contributed by atoms with Crippen molar-refractivity contribution in [1.82, 2.24) is 5.32 Å². The number of carbonyl (C=O) groups excluding carboxylic acids is 4. The van der Waals surface area contributed by atoms with E-state index in [9.17, 15) is 19.2 Å². The summed E-state index contributed by atoms with van der Waals surface area (Å²) in [6, 6.07) is 8.16. The molecule has 1 aromatic carbocycles. The molecule has 2 fully saturated rings. The van der Waals surface area contributed by atoms with E-state index in [2.05, 4.69) is 0 Å². The van der Waals surface area contributed by atoms with E-state index in [1.54, 1.807) is 30.3 Å². The summed E-state index contributed by atoms with van der Waals surface area (Å²) in [5, 5.41) is 1.89. The molecule has 3 rings (SSSR count). The van der Waals surface area contributed by atoms with E-state index in [-0.39, 0.29) is 0 Å². The minimum Gasteiger partial charge on any atom is -0.293 e. The van der Waals surface area contributed by atoms with Gasteiger partial charge >= 0.3 is 0 Å². The van der Waals surface area contributed by atoms with E-state index in [1.807, 2.05) is 5.32 Å². The highest BCUT2D eigenvalue weighted by molar-refractivity contribution is 6.59. The third-order valence-electron chi connectivity index (χ3n) is 2.97. The highest BCUT2D eigenvalue weighted by atomic mass is 16.2. The Hall–Kier alpha value is -2.50. The SMILES string of the molecule is O=C1NC(=O)C12C(=O)N(c1ccccc1)C2=O. The Balaban J connectivity index is 2.00. The maximum atomic E-state index is 11.8. The standard InChI is InChI=1S/C11H6N2O4/c14-7-11(8(15)12-7)9(16)13(10(11)17)6-4-2-1-3-5-6/h1-5H,(H,12,14,15). The number of β-lactam (4-membered cyclic amide) rings is 4. The van der Waals surface area contributed by atoms with Crippen LogP contribution in [0.3, 0.4) is 0 Å². The first-order valence-electron chi connectivity index (χ1n) is 4.90. The molecule has 0 aromatic heterocycles. The summed E-state index contributed by atoms with van der Waals surface area (Å²) in [5.41, 5.74) is -1.73. The van der Waals surface area contributed by atoms with Crippen molar-refractivity contribution in [2.75, 3.05) is 4.90 Å². The molecule has 84 valence electrons. The number of nitrogens with zero attached hydrogens (tertiary/aromatic N) is 1. The summed E-state index contributed by atoms with van der Waals surface area (Å²) < 4.78 is 0. The Morgan fingerprint density at radius 3 is 1.88 bits per heavy atom. The molecule has 0 saturated carbocycles. The zero-order valence-corrected chi connectivity index (χ0v) is 8.47. The van der Waals surface area contributed by atoms with Crippen molar-refractivity contribution in [2.45, 2.75) is 0 Å². The fraction of sp³-hybridized carbons (Fsp3) is 0.0909. The largest absolute Gasteiger partial charge is 0.293 e. The number of carbonyl (C=O) groups is 4. The van der Waals surface area contributed by atoms with E-state index in [0.717, 1.165) is 4.90 Å². The lowest BCUT2D eigenvalue weighted by atomic mass is 9.70. The van der Waals surface area contributed by atoms with Crippen LogP contribution in [0.2, 0.25) is 0 Å². The first kappa shape index (κ1) is 9.71. The van der Waals surface area contributed by atoms with Crippen LogP contribution in [-0.4, -0.2) is 23.6 Å². The van der Waals surface area contributed by atoms with Gasteiger partial charge in [0.1, 0.15) is 0 Å². The first-order valence-corrected chi connectivity index (χ1v) is 4.90. The van der Waals surface area contributed by atoms with Crippen LogP contribution >= 0.6 is 0 Å². The maximum absolute atomic E-state index is 11.8. The number of hydrogen-bond acceptors (Lipinski definition) is 4. The van der Waals surface area contributed by atoms with Gasteiger partial charge in [-0.2, -0.15) is 0 Å². The van der Waals surface area contributed by atoms with Crippen LogP contribution in [0.15, 0.2) is 30.3 Å². The molecule has 0 unspecified atom stereocenters. The number of para-hydroxylation sites is 1. The molecular weight excluding hydrogens is 224 g/mol. The van der Waals surface area contributed by atoms with Gasteiger partial charge in [0.15, 0.2) is 0 Å². The summed E-state index contributed by atoms with van der Waals surface area (Å²) in [5.74, 6) is -3.21. The summed E-state index contributed by atoms with van der Waals surface area (Å²) in [6.07, 6.45) is 0. The zero-order valence-electron chi connectivity index (χ0n) is 8.47. The molecule has 2 saturated heterocycles. The molecule has 0 radical (unpaired) electrons. The Morgan fingerprint density at radius 1 is 0.882 bits per heavy atom. The Morgan fingerprint density at radius 2 is 1.41 bits per heavy atom. The van der Waals surface area contributed by atoms with Gasteiger partial charge in [0.05, 0.1) is 5.69 Å². The van der Waals surface area contributed by atoms with E-state index in [4.69, 9.17) is 0 Å². The van der Waals surface area contributed by atoms with Crippen molar-refractivity contribution in [2.24, 2.45) is 5.41 Å². The van der Waals surface area contributed by atoms with Gasteiger partial charge in [0, 0.05) is 0 Å².